The predicted molar refractivity (Wildman–Crippen MR) is 71.7 cm³/mol. The van der Waals surface area contributed by atoms with Crippen molar-refractivity contribution in [3.05, 3.63) is 0 Å². The molecular formula is C10H22N4O4S. The van der Waals surface area contributed by atoms with E-state index in [1.54, 1.807) is 0 Å². The highest BCUT2D eigenvalue weighted by Crippen LogP contribution is 2.10. The minimum absolute atomic E-state index is 0.000704. The fraction of sp³-hybridized carbons (Fsp3) is 0.900. The number of methoxy groups -OCH3 is 1. The second-order valence-electron chi connectivity index (χ2n) is 4.44. The molecule has 1 fully saturated rings. The number of amidine groups is 1. The van der Waals surface area contributed by atoms with Crippen molar-refractivity contribution < 1.29 is 18.4 Å². The van der Waals surface area contributed by atoms with E-state index in [2.05, 4.69) is 5.16 Å². The lowest BCUT2D eigenvalue weighted by Gasteiger charge is -2.36. The van der Waals surface area contributed by atoms with Crippen LogP contribution < -0.4 is 5.73 Å². The van der Waals surface area contributed by atoms with Crippen LogP contribution in [0.15, 0.2) is 5.16 Å². The molecule has 1 unspecified atom stereocenters. The zero-order valence-electron chi connectivity index (χ0n) is 11.3. The van der Waals surface area contributed by atoms with Crippen molar-refractivity contribution in [1.29, 1.82) is 0 Å². The zero-order valence-corrected chi connectivity index (χ0v) is 12.1. The summed E-state index contributed by atoms with van der Waals surface area (Å²) in [6.45, 7) is 3.96. The van der Waals surface area contributed by atoms with E-state index in [-0.39, 0.29) is 24.2 Å². The fourth-order valence-corrected chi connectivity index (χ4v) is 3.31. The van der Waals surface area contributed by atoms with Crippen molar-refractivity contribution in [1.82, 2.24) is 9.21 Å². The first-order chi connectivity index (χ1) is 8.92. The summed E-state index contributed by atoms with van der Waals surface area (Å²) in [5, 5.41) is 11.6. The number of nitrogens with zero attached hydrogens (tertiary/aromatic N) is 3. The van der Waals surface area contributed by atoms with Gasteiger partial charge in [0.15, 0.2) is 5.84 Å². The summed E-state index contributed by atoms with van der Waals surface area (Å²) in [4.78, 5) is 1.98. The molecule has 9 heteroatoms. The third-order valence-corrected chi connectivity index (χ3v) is 5.14. The number of sulfonamides is 1. The normalized spacial score (nSPS) is 21.5. The van der Waals surface area contributed by atoms with Crippen LogP contribution in [-0.4, -0.2) is 80.4 Å². The molecule has 0 aromatic rings. The summed E-state index contributed by atoms with van der Waals surface area (Å²) >= 11 is 0. The van der Waals surface area contributed by atoms with Gasteiger partial charge in [-0.3, -0.25) is 4.90 Å². The van der Waals surface area contributed by atoms with Crippen molar-refractivity contribution in [3.8, 4) is 0 Å². The SMILES string of the molecule is COCCS(=O)(=O)N1CCN(C(C)C(N)=NO)CC1. The van der Waals surface area contributed by atoms with E-state index in [1.165, 1.54) is 11.4 Å². The molecule has 0 radical (unpaired) electrons. The lowest BCUT2D eigenvalue weighted by Crippen LogP contribution is -2.54. The molecule has 0 saturated carbocycles. The van der Waals surface area contributed by atoms with Gasteiger partial charge in [-0.15, -0.1) is 0 Å². The lowest BCUT2D eigenvalue weighted by molar-refractivity contribution is 0.169. The summed E-state index contributed by atoms with van der Waals surface area (Å²) in [5.41, 5.74) is 5.54. The van der Waals surface area contributed by atoms with Gasteiger partial charge in [0, 0.05) is 33.3 Å². The molecule has 0 aromatic carbocycles. The van der Waals surface area contributed by atoms with Crippen molar-refractivity contribution in [2.24, 2.45) is 10.9 Å². The van der Waals surface area contributed by atoms with Gasteiger partial charge in [-0.25, -0.2) is 8.42 Å². The van der Waals surface area contributed by atoms with E-state index in [0.29, 0.717) is 26.2 Å². The Balaban J connectivity index is 2.53. The first kappa shape index (κ1) is 16.2. The standard InChI is InChI=1S/C10H22N4O4S/c1-9(10(11)12-15)13-3-5-14(6-4-13)19(16,17)8-7-18-2/h9,15H,3-8H2,1-2H3,(H2,11,12). The molecule has 1 rings (SSSR count). The van der Waals surface area contributed by atoms with Crippen LogP contribution >= 0.6 is 0 Å². The molecule has 1 heterocycles. The molecule has 0 amide bonds. The van der Waals surface area contributed by atoms with Crippen LogP contribution in [0.2, 0.25) is 0 Å². The minimum Gasteiger partial charge on any atom is -0.409 e. The summed E-state index contributed by atoms with van der Waals surface area (Å²) in [6.07, 6.45) is 0. The Morgan fingerprint density at radius 3 is 2.47 bits per heavy atom. The van der Waals surface area contributed by atoms with Crippen molar-refractivity contribution >= 4 is 15.9 Å². The Labute approximate surface area is 113 Å². The molecule has 112 valence electrons. The molecule has 3 N–H and O–H groups in total. The highest BCUT2D eigenvalue weighted by molar-refractivity contribution is 7.89. The van der Waals surface area contributed by atoms with Crippen LogP contribution in [-0.2, 0) is 14.8 Å². The molecule has 1 atom stereocenters. The zero-order chi connectivity index (χ0) is 14.5. The number of ether oxygens (including phenoxy) is 1. The Bertz CT molecular complexity index is 404. The number of hydrogen-bond acceptors (Lipinski definition) is 6. The van der Waals surface area contributed by atoms with Crippen LogP contribution in [0.3, 0.4) is 0 Å². The maximum atomic E-state index is 12.0. The Kier molecular flexibility index (Phi) is 5.98. The summed E-state index contributed by atoms with van der Waals surface area (Å²) in [6, 6.07) is -0.200. The van der Waals surface area contributed by atoms with Gasteiger partial charge in [0.1, 0.15) is 0 Å². The number of oxime groups is 1. The second-order valence-corrected chi connectivity index (χ2v) is 6.53. The summed E-state index contributed by atoms with van der Waals surface area (Å²) < 4.78 is 30.2. The molecule has 1 aliphatic heterocycles. The average Bonchev–Trinajstić information content (AvgIpc) is 2.43. The van der Waals surface area contributed by atoms with Gasteiger partial charge in [-0.05, 0) is 6.92 Å². The van der Waals surface area contributed by atoms with E-state index in [4.69, 9.17) is 15.7 Å². The molecule has 1 aliphatic rings. The molecule has 8 nitrogen and oxygen atoms in total. The smallest absolute Gasteiger partial charge is 0.216 e. The van der Waals surface area contributed by atoms with E-state index in [9.17, 15) is 8.42 Å². The minimum atomic E-state index is -3.25. The van der Waals surface area contributed by atoms with Gasteiger partial charge >= 0.3 is 0 Å². The maximum absolute atomic E-state index is 12.0. The lowest BCUT2D eigenvalue weighted by atomic mass is 10.2. The van der Waals surface area contributed by atoms with Crippen molar-refractivity contribution in [3.63, 3.8) is 0 Å². The van der Waals surface area contributed by atoms with E-state index in [0.717, 1.165) is 0 Å². The molecule has 0 aliphatic carbocycles. The Morgan fingerprint density at radius 2 is 2.00 bits per heavy atom. The molecule has 0 spiro atoms. The fourth-order valence-electron chi connectivity index (χ4n) is 1.96. The summed E-state index contributed by atoms with van der Waals surface area (Å²) in [7, 11) is -1.77. The highest BCUT2D eigenvalue weighted by Gasteiger charge is 2.29. The third-order valence-electron chi connectivity index (χ3n) is 3.30. The largest absolute Gasteiger partial charge is 0.409 e. The van der Waals surface area contributed by atoms with Gasteiger partial charge in [-0.1, -0.05) is 5.16 Å². The predicted octanol–water partition coefficient (Wildman–Crippen LogP) is -1.28. The van der Waals surface area contributed by atoms with E-state index < -0.39 is 10.0 Å². The molecule has 19 heavy (non-hydrogen) atoms. The molecular weight excluding hydrogens is 272 g/mol. The first-order valence-electron chi connectivity index (χ1n) is 6.10. The number of hydrogen-bond donors (Lipinski definition) is 2. The number of piperazine rings is 1. The number of nitrogens with two attached hydrogens (primary N) is 1. The van der Waals surface area contributed by atoms with E-state index >= 15 is 0 Å². The van der Waals surface area contributed by atoms with Gasteiger partial charge in [0.25, 0.3) is 0 Å². The van der Waals surface area contributed by atoms with Crippen molar-refractivity contribution in [2.45, 2.75) is 13.0 Å². The van der Waals surface area contributed by atoms with Gasteiger partial charge in [0.2, 0.25) is 10.0 Å². The van der Waals surface area contributed by atoms with Crippen LogP contribution in [0.1, 0.15) is 6.92 Å². The molecule has 0 bridgehead atoms. The topological polar surface area (TPSA) is 108 Å². The quantitative estimate of drug-likeness (QED) is 0.273. The van der Waals surface area contributed by atoms with Crippen LogP contribution in [0.4, 0.5) is 0 Å². The average molecular weight is 294 g/mol. The van der Waals surface area contributed by atoms with Gasteiger partial charge in [0.05, 0.1) is 18.4 Å². The Morgan fingerprint density at radius 1 is 1.42 bits per heavy atom. The van der Waals surface area contributed by atoms with Gasteiger partial charge < -0.3 is 15.7 Å². The summed E-state index contributed by atoms with van der Waals surface area (Å²) in [5.74, 6) is 0.134. The highest BCUT2D eigenvalue weighted by atomic mass is 32.2. The second kappa shape index (κ2) is 7.04. The third kappa shape index (κ3) is 4.30. The van der Waals surface area contributed by atoms with Crippen molar-refractivity contribution in [2.75, 3.05) is 45.6 Å². The maximum Gasteiger partial charge on any atom is 0.216 e. The van der Waals surface area contributed by atoms with Crippen LogP contribution in [0, 0.1) is 0 Å². The van der Waals surface area contributed by atoms with Gasteiger partial charge in [-0.2, -0.15) is 4.31 Å². The van der Waals surface area contributed by atoms with E-state index in [1.807, 2.05) is 11.8 Å². The van der Waals surface area contributed by atoms with Crippen LogP contribution in [0.25, 0.3) is 0 Å². The monoisotopic (exact) mass is 294 g/mol. The first-order valence-corrected chi connectivity index (χ1v) is 7.71. The number of rotatable bonds is 6. The Hall–Kier alpha value is -0.900. The molecule has 0 aromatic heterocycles. The molecule has 1 saturated heterocycles. The van der Waals surface area contributed by atoms with Crippen LogP contribution in [0.5, 0.6) is 0 Å².